The molecule has 0 amide bonds. The molecule has 0 bridgehead atoms. The highest BCUT2D eigenvalue weighted by Gasteiger charge is 2.72. The van der Waals surface area contributed by atoms with E-state index in [-0.39, 0.29) is 34.2 Å². The van der Waals surface area contributed by atoms with E-state index >= 15 is 0 Å². The third-order valence-corrected chi connectivity index (χ3v) is 26.7. The Morgan fingerprint density at radius 1 is 0.864 bits per heavy atom. The van der Waals surface area contributed by atoms with E-state index in [2.05, 4.69) is 115 Å². The minimum absolute atomic E-state index is 0.00896. The van der Waals surface area contributed by atoms with Gasteiger partial charge in [-0.1, -0.05) is 90.0 Å². The molecular weight excluding hydrogens is 605 g/mol. The Hall–Kier alpha value is -0.499. The van der Waals surface area contributed by atoms with Crippen molar-refractivity contribution < 1.29 is 32.3 Å². The molecule has 1 saturated carbocycles. The summed E-state index contributed by atoms with van der Waals surface area (Å²) in [4.78, 5) is 12.9. The molecule has 1 heterocycles. The third-order valence-electron chi connectivity index (χ3n) is 11.7. The maximum atomic E-state index is 12.9. The summed E-state index contributed by atoms with van der Waals surface area (Å²) in [6.45, 7) is 38.9. The van der Waals surface area contributed by atoms with Crippen LogP contribution in [-0.2, 0) is 32.3 Å². The summed E-state index contributed by atoms with van der Waals surface area (Å²) >= 11 is 0. The fourth-order valence-corrected chi connectivity index (χ4v) is 14.9. The summed E-state index contributed by atoms with van der Waals surface area (Å²) in [5.74, 6) is -0.202. The lowest BCUT2D eigenvalue weighted by Gasteiger charge is -2.49. The Morgan fingerprint density at radius 3 is 1.70 bits per heavy atom. The topological polar surface area (TPSA) is 72.5 Å². The van der Waals surface area contributed by atoms with Crippen LogP contribution in [0.5, 0.6) is 0 Å². The van der Waals surface area contributed by atoms with Crippen LogP contribution in [0.1, 0.15) is 90.0 Å². The van der Waals surface area contributed by atoms with Crippen LogP contribution in [-0.4, -0.2) is 75.7 Å². The quantitative estimate of drug-likeness (QED) is 0.143. The largest absolute Gasteiger partial charge is 0.487 e. The van der Waals surface area contributed by atoms with Crippen LogP contribution in [0.4, 0.5) is 0 Å². The molecule has 1 aliphatic carbocycles. The highest BCUT2D eigenvalue weighted by molar-refractivity contribution is 6.77. The van der Waals surface area contributed by atoms with E-state index < -0.39 is 42.6 Å². The first kappa shape index (κ1) is 39.7. The number of carbonyl (C=O) groups excluding carboxylic acids is 1. The van der Waals surface area contributed by atoms with Crippen molar-refractivity contribution in [1.29, 1.82) is 0 Å². The number of esters is 1. The van der Waals surface area contributed by atoms with E-state index in [0.29, 0.717) is 29.0 Å². The summed E-state index contributed by atoms with van der Waals surface area (Å²) < 4.78 is 40.1. The molecule has 6 atom stereocenters. The van der Waals surface area contributed by atoms with E-state index in [1.54, 1.807) is 7.11 Å². The van der Waals surface area contributed by atoms with Crippen molar-refractivity contribution in [3.63, 3.8) is 0 Å². The van der Waals surface area contributed by atoms with E-state index in [0.717, 1.165) is 0 Å². The SMILES string of the molecule is COC(=O)[C@H]1[C@H](C)[C@@]1(OC)C1=C[C@@H](O[Si](C)(C)C(C)(C)C)[C@@H](O[Si](C)(C)C(C)(C)C)[C@@H](CO[Si](C(C)C)(C(C)C)C(C)C)O1. The number of ether oxygens (including phenoxy) is 3. The van der Waals surface area contributed by atoms with Gasteiger partial charge in [0.25, 0.3) is 0 Å². The second-order valence-corrected chi connectivity index (χ2v) is 32.3. The number of methoxy groups -OCH3 is 2. The number of hydrogen-bond acceptors (Lipinski definition) is 7. The lowest BCUT2D eigenvalue weighted by Crippen LogP contribution is -2.59. The van der Waals surface area contributed by atoms with Crippen molar-refractivity contribution in [3.05, 3.63) is 11.8 Å². The normalized spacial score (nSPS) is 28.8. The fourth-order valence-electron chi connectivity index (χ4n) is 6.91. The van der Waals surface area contributed by atoms with Gasteiger partial charge in [-0.15, -0.1) is 0 Å². The molecule has 0 saturated heterocycles. The van der Waals surface area contributed by atoms with Gasteiger partial charge >= 0.3 is 5.97 Å². The van der Waals surface area contributed by atoms with Crippen LogP contribution in [0.2, 0.25) is 52.9 Å². The lowest BCUT2D eigenvalue weighted by molar-refractivity contribution is -0.145. The van der Waals surface area contributed by atoms with Crippen LogP contribution in [0.25, 0.3) is 0 Å². The minimum Gasteiger partial charge on any atom is -0.487 e. The zero-order valence-electron chi connectivity index (χ0n) is 31.8. The average molecular weight is 673 g/mol. The molecule has 0 radical (unpaired) electrons. The van der Waals surface area contributed by atoms with Gasteiger partial charge in [0, 0.05) is 13.0 Å². The van der Waals surface area contributed by atoms with Gasteiger partial charge in [-0.05, 0) is 59.0 Å². The second-order valence-electron chi connectivity index (χ2n) is 17.3. The molecule has 0 aromatic heterocycles. The Balaban J connectivity index is 2.78. The van der Waals surface area contributed by atoms with E-state index in [4.69, 9.17) is 27.5 Å². The van der Waals surface area contributed by atoms with Gasteiger partial charge in [0.2, 0.25) is 8.32 Å². The molecule has 0 aromatic carbocycles. The molecule has 1 fully saturated rings. The van der Waals surface area contributed by atoms with Crippen LogP contribution < -0.4 is 0 Å². The average Bonchev–Trinajstić information content (AvgIpc) is 3.47. The summed E-state index contributed by atoms with van der Waals surface area (Å²) in [5, 5.41) is -0.0207. The first-order valence-corrected chi connectivity index (χ1v) is 24.8. The van der Waals surface area contributed by atoms with Crippen LogP contribution in [0.15, 0.2) is 11.8 Å². The molecule has 0 aromatic rings. The Bertz CT molecular complexity index is 1000. The van der Waals surface area contributed by atoms with E-state index in [1.807, 2.05) is 6.92 Å². The number of hydrogen-bond donors (Lipinski definition) is 0. The summed E-state index contributed by atoms with van der Waals surface area (Å²) in [6.07, 6.45) is 0.885. The standard InChI is InChI=1S/C34H68O7Si3/c1-22(2)44(23(3)4,24(5)6)38-21-27-30(41-43(18,19)33(11,12)13)26(40-42(16,17)32(8,9)10)20-28(39-27)34(37-15)25(7)29(34)31(35)36-14/h20,22-27,29-30H,21H2,1-19H3/t25-,26+,27+,29+,30+,34+/m0/s1. The molecule has 2 aliphatic rings. The third kappa shape index (κ3) is 7.31. The van der Waals surface area contributed by atoms with Crippen molar-refractivity contribution in [3.8, 4) is 0 Å². The summed E-state index contributed by atoms with van der Waals surface area (Å²) in [5.41, 5.74) is 0.373. The van der Waals surface area contributed by atoms with Crippen LogP contribution in [0.3, 0.4) is 0 Å². The van der Waals surface area contributed by atoms with Crippen molar-refractivity contribution in [2.24, 2.45) is 11.8 Å². The molecule has 44 heavy (non-hydrogen) atoms. The van der Waals surface area contributed by atoms with Crippen molar-refractivity contribution >= 4 is 30.9 Å². The molecule has 7 nitrogen and oxygen atoms in total. The van der Waals surface area contributed by atoms with Crippen molar-refractivity contribution in [2.75, 3.05) is 20.8 Å². The molecule has 2 rings (SSSR count). The van der Waals surface area contributed by atoms with Crippen LogP contribution in [0, 0.1) is 11.8 Å². The minimum atomic E-state index is -2.27. The lowest BCUT2D eigenvalue weighted by atomic mass is 10.0. The number of carbonyl (C=O) groups is 1. The maximum Gasteiger partial charge on any atom is 0.312 e. The highest BCUT2D eigenvalue weighted by atomic mass is 28.4. The van der Waals surface area contributed by atoms with Gasteiger partial charge in [-0.2, -0.15) is 0 Å². The summed E-state index contributed by atoms with van der Waals surface area (Å²) in [7, 11) is -3.68. The van der Waals surface area contributed by atoms with E-state index in [9.17, 15) is 4.79 Å². The Morgan fingerprint density at radius 2 is 1.32 bits per heavy atom. The molecule has 0 spiro atoms. The predicted molar refractivity (Wildman–Crippen MR) is 189 cm³/mol. The van der Waals surface area contributed by atoms with Crippen LogP contribution >= 0.6 is 0 Å². The first-order chi connectivity index (χ1) is 19.8. The zero-order valence-corrected chi connectivity index (χ0v) is 34.8. The maximum absolute atomic E-state index is 12.9. The molecule has 0 unspecified atom stereocenters. The molecule has 1 aliphatic heterocycles. The van der Waals surface area contributed by atoms with E-state index in [1.165, 1.54) is 7.11 Å². The van der Waals surface area contributed by atoms with Gasteiger partial charge in [0.15, 0.2) is 16.6 Å². The molecule has 258 valence electrons. The second kappa shape index (κ2) is 13.5. The van der Waals surface area contributed by atoms with Gasteiger partial charge in [0.1, 0.15) is 23.6 Å². The Kier molecular flexibility index (Phi) is 12.2. The van der Waals surface area contributed by atoms with Crippen molar-refractivity contribution in [1.82, 2.24) is 0 Å². The summed E-state index contributed by atoms with van der Waals surface area (Å²) in [6, 6.07) is 0. The predicted octanol–water partition coefficient (Wildman–Crippen LogP) is 9.07. The molecule has 10 heteroatoms. The smallest absolute Gasteiger partial charge is 0.312 e. The first-order valence-electron chi connectivity index (χ1n) is 16.8. The number of rotatable bonds is 13. The monoisotopic (exact) mass is 672 g/mol. The molecular formula is C34H68O7Si3. The Labute approximate surface area is 273 Å². The fraction of sp³-hybridized carbons (Fsp3) is 0.912. The highest BCUT2D eigenvalue weighted by Crippen LogP contribution is 2.59. The van der Waals surface area contributed by atoms with Gasteiger partial charge in [0.05, 0.1) is 25.7 Å². The van der Waals surface area contributed by atoms with Gasteiger partial charge < -0.3 is 27.5 Å². The van der Waals surface area contributed by atoms with Crippen molar-refractivity contribution in [2.45, 2.75) is 167 Å². The zero-order chi connectivity index (χ0) is 34.4. The van der Waals surface area contributed by atoms with Gasteiger partial charge in [-0.25, -0.2) is 0 Å². The molecule has 0 N–H and O–H groups in total. The van der Waals surface area contributed by atoms with Gasteiger partial charge in [-0.3, -0.25) is 4.79 Å².